The van der Waals surface area contributed by atoms with Gasteiger partial charge in [0.1, 0.15) is 18.0 Å². The zero-order chi connectivity index (χ0) is 14.5. The number of ether oxygens (including phenoxy) is 1. The molecule has 6 nitrogen and oxygen atoms in total. The standard InChI is InChI=1S/C14H18N2O4/c1-2-7-20-10-3-4-12-11(8-10)15-13(9-14(18)19)16(12)5-6-17/h3-4,8,17H,2,5-7,9H2,1H3,(H,18,19). The molecule has 1 aromatic heterocycles. The van der Waals surface area contributed by atoms with Gasteiger partial charge >= 0.3 is 5.97 Å². The number of nitrogens with zero attached hydrogens (tertiary/aromatic N) is 2. The first-order valence-corrected chi connectivity index (χ1v) is 6.60. The number of carbonyl (C=O) groups is 1. The monoisotopic (exact) mass is 278 g/mol. The van der Waals surface area contributed by atoms with Crippen molar-refractivity contribution in [1.82, 2.24) is 9.55 Å². The lowest BCUT2D eigenvalue weighted by atomic mass is 10.3. The molecule has 108 valence electrons. The Kier molecular flexibility index (Phi) is 4.57. The summed E-state index contributed by atoms with van der Waals surface area (Å²) in [6.07, 6.45) is 0.751. The molecule has 0 fully saturated rings. The topological polar surface area (TPSA) is 84.6 Å². The smallest absolute Gasteiger partial charge is 0.311 e. The fraction of sp³-hybridized carbons (Fsp3) is 0.429. The molecular weight excluding hydrogens is 260 g/mol. The van der Waals surface area contributed by atoms with Crippen molar-refractivity contribution in [2.75, 3.05) is 13.2 Å². The summed E-state index contributed by atoms with van der Waals surface area (Å²) in [6.45, 7) is 2.92. The normalized spacial score (nSPS) is 10.9. The van der Waals surface area contributed by atoms with Crippen LogP contribution in [0.15, 0.2) is 18.2 Å². The Morgan fingerprint density at radius 3 is 2.90 bits per heavy atom. The largest absolute Gasteiger partial charge is 0.494 e. The van der Waals surface area contributed by atoms with Crippen molar-refractivity contribution in [3.8, 4) is 5.75 Å². The van der Waals surface area contributed by atoms with E-state index in [4.69, 9.17) is 14.9 Å². The van der Waals surface area contributed by atoms with Gasteiger partial charge in [0.05, 0.1) is 24.2 Å². The number of hydrogen-bond acceptors (Lipinski definition) is 4. The predicted molar refractivity (Wildman–Crippen MR) is 73.9 cm³/mol. The molecule has 6 heteroatoms. The van der Waals surface area contributed by atoms with E-state index in [0.29, 0.717) is 24.5 Å². The maximum absolute atomic E-state index is 10.9. The van der Waals surface area contributed by atoms with Crippen LogP contribution in [-0.4, -0.2) is 38.9 Å². The molecule has 1 aromatic carbocycles. The minimum Gasteiger partial charge on any atom is -0.494 e. The lowest BCUT2D eigenvalue weighted by molar-refractivity contribution is -0.136. The zero-order valence-corrected chi connectivity index (χ0v) is 11.4. The molecule has 0 bridgehead atoms. The van der Waals surface area contributed by atoms with Crippen LogP contribution in [0.5, 0.6) is 5.75 Å². The van der Waals surface area contributed by atoms with Crippen LogP contribution in [0.25, 0.3) is 11.0 Å². The van der Waals surface area contributed by atoms with Crippen LogP contribution in [0.1, 0.15) is 19.2 Å². The number of imidazole rings is 1. The molecule has 2 aromatic rings. The van der Waals surface area contributed by atoms with E-state index < -0.39 is 5.97 Å². The summed E-state index contributed by atoms with van der Waals surface area (Å²) in [4.78, 5) is 15.2. The van der Waals surface area contributed by atoms with E-state index in [0.717, 1.165) is 17.7 Å². The van der Waals surface area contributed by atoms with Crippen molar-refractivity contribution in [3.63, 3.8) is 0 Å². The third-order valence-corrected chi connectivity index (χ3v) is 2.90. The van der Waals surface area contributed by atoms with E-state index in [1.165, 1.54) is 0 Å². The van der Waals surface area contributed by atoms with Crippen LogP contribution in [0.2, 0.25) is 0 Å². The first-order chi connectivity index (χ1) is 9.65. The highest BCUT2D eigenvalue weighted by atomic mass is 16.5. The second-order valence-electron chi connectivity index (χ2n) is 4.47. The van der Waals surface area contributed by atoms with Crippen LogP contribution in [0, 0.1) is 0 Å². The number of hydrogen-bond donors (Lipinski definition) is 2. The highest BCUT2D eigenvalue weighted by molar-refractivity contribution is 5.79. The van der Waals surface area contributed by atoms with Gasteiger partial charge in [-0.3, -0.25) is 4.79 Å². The molecule has 0 atom stereocenters. The molecule has 0 saturated heterocycles. The molecule has 0 saturated carbocycles. The van der Waals surface area contributed by atoms with Gasteiger partial charge in [0.15, 0.2) is 0 Å². The zero-order valence-electron chi connectivity index (χ0n) is 11.4. The second kappa shape index (κ2) is 6.38. The van der Waals surface area contributed by atoms with Crippen molar-refractivity contribution in [1.29, 1.82) is 0 Å². The number of benzene rings is 1. The molecule has 1 heterocycles. The van der Waals surface area contributed by atoms with Crippen molar-refractivity contribution in [2.45, 2.75) is 26.3 Å². The molecule has 0 aliphatic carbocycles. The van der Waals surface area contributed by atoms with Crippen molar-refractivity contribution >= 4 is 17.0 Å². The number of carboxylic acid groups (broad SMARTS) is 1. The minimum absolute atomic E-state index is 0.0633. The van der Waals surface area contributed by atoms with E-state index in [2.05, 4.69) is 4.98 Å². The lowest BCUT2D eigenvalue weighted by Gasteiger charge is -2.06. The Labute approximate surface area is 116 Å². The molecule has 0 unspecified atom stereocenters. The third kappa shape index (κ3) is 3.08. The number of fused-ring (bicyclic) bond motifs is 1. The Morgan fingerprint density at radius 2 is 2.25 bits per heavy atom. The number of aliphatic hydroxyl groups is 1. The molecule has 0 aliphatic heterocycles. The fourth-order valence-corrected chi connectivity index (χ4v) is 2.09. The average Bonchev–Trinajstić information content (AvgIpc) is 2.73. The minimum atomic E-state index is -0.943. The summed E-state index contributed by atoms with van der Waals surface area (Å²) in [5, 5.41) is 18.0. The van der Waals surface area contributed by atoms with Gasteiger partial charge in [0.25, 0.3) is 0 Å². The average molecular weight is 278 g/mol. The molecular formula is C14H18N2O4. The highest BCUT2D eigenvalue weighted by Gasteiger charge is 2.13. The van der Waals surface area contributed by atoms with Crippen LogP contribution in [0.3, 0.4) is 0 Å². The summed E-state index contributed by atoms with van der Waals surface area (Å²) in [5.41, 5.74) is 1.49. The molecule has 2 rings (SSSR count). The van der Waals surface area contributed by atoms with Crippen molar-refractivity contribution < 1.29 is 19.7 Å². The Hall–Kier alpha value is -2.08. The SMILES string of the molecule is CCCOc1ccc2c(c1)nc(CC(=O)O)n2CCO. The van der Waals surface area contributed by atoms with E-state index >= 15 is 0 Å². The summed E-state index contributed by atoms with van der Waals surface area (Å²) < 4.78 is 7.27. The summed E-state index contributed by atoms with van der Waals surface area (Å²) in [6, 6.07) is 5.47. The Balaban J connectivity index is 2.40. The number of aliphatic hydroxyl groups excluding tert-OH is 1. The third-order valence-electron chi connectivity index (χ3n) is 2.90. The van der Waals surface area contributed by atoms with Gasteiger partial charge in [-0.15, -0.1) is 0 Å². The van der Waals surface area contributed by atoms with Crippen molar-refractivity contribution in [2.24, 2.45) is 0 Å². The number of aromatic nitrogens is 2. The van der Waals surface area contributed by atoms with E-state index in [-0.39, 0.29) is 13.0 Å². The molecule has 2 N–H and O–H groups in total. The van der Waals surface area contributed by atoms with Gasteiger partial charge in [-0.05, 0) is 18.6 Å². The van der Waals surface area contributed by atoms with Gasteiger partial charge in [-0.25, -0.2) is 4.98 Å². The van der Waals surface area contributed by atoms with E-state index in [1.807, 2.05) is 19.1 Å². The van der Waals surface area contributed by atoms with Crippen LogP contribution < -0.4 is 4.74 Å². The summed E-state index contributed by atoms with van der Waals surface area (Å²) in [5.74, 6) is 0.214. The van der Waals surface area contributed by atoms with Gasteiger partial charge in [0, 0.05) is 12.6 Å². The number of aliphatic carboxylic acids is 1. The second-order valence-corrected chi connectivity index (χ2v) is 4.47. The summed E-state index contributed by atoms with van der Waals surface area (Å²) in [7, 11) is 0. The first-order valence-electron chi connectivity index (χ1n) is 6.60. The predicted octanol–water partition coefficient (Wildman–Crippen LogP) is 1.44. The number of carboxylic acids is 1. The van der Waals surface area contributed by atoms with Gasteiger partial charge < -0.3 is 19.5 Å². The highest BCUT2D eigenvalue weighted by Crippen LogP contribution is 2.22. The summed E-state index contributed by atoms with van der Waals surface area (Å²) >= 11 is 0. The first kappa shape index (κ1) is 14.3. The molecule has 20 heavy (non-hydrogen) atoms. The van der Waals surface area contributed by atoms with E-state index in [1.54, 1.807) is 10.6 Å². The molecule has 0 amide bonds. The molecule has 0 spiro atoms. The van der Waals surface area contributed by atoms with Crippen LogP contribution in [0.4, 0.5) is 0 Å². The van der Waals surface area contributed by atoms with Gasteiger partial charge in [-0.1, -0.05) is 6.92 Å². The van der Waals surface area contributed by atoms with Crippen LogP contribution >= 0.6 is 0 Å². The molecule has 0 aliphatic rings. The van der Waals surface area contributed by atoms with Crippen molar-refractivity contribution in [3.05, 3.63) is 24.0 Å². The Morgan fingerprint density at radius 1 is 1.45 bits per heavy atom. The number of rotatable bonds is 7. The maximum atomic E-state index is 10.9. The quantitative estimate of drug-likeness (QED) is 0.800. The molecule has 0 radical (unpaired) electrons. The fourth-order valence-electron chi connectivity index (χ4n) is 2.09. The maximum Gasteiger partial charge on any atom is 0.311 e. The van der Waals surface area contributed by atoms with Gasteiger partial charge in [0.2, 0.25) is 0 Å². The Bertz CT molecular complexity index is 606. The van der Waals surface area contributed by atoms with Crippen LogP contribution in [-0.2, 0) is 17.8 Å². The van der Waals surface area contributed by atoms with E-state index in [9.17, 15) is 4.79 Å². The van der Waals surface area contributed by atoms with Gasteiger partial charge in [-0.2, -0.15) is 0 Å². The lowest BCUT2D eigenvalue weighted by Crippen LogP contribution is -2.11.